The van der Waals surface area contributed by atoms with E-state index >= 15 is 0 Å². The fraction of sp³-hybridized carbons (Fsp3) is 0.250. The Bertz CT molecular complexity index is 402. The second-order valence-electron chi connectivity index (χ2n) is 3.19. The van der Waals surface area contributed by atoms with Crippen LogP contribution in [0, 0.1) is 5.82 Å². The maximum Gasteiger partial charge on any atom is 0.309 e. The van der Waals surface area contributed by atoms with Crippen molar-refractivity contribution in [2.75, 3.05) is 12.3 Å². The first-order chi connectivity index (χ1) is 7.63. The van der Waals surface area contributed by atoms with E-state index in [0.717, 1.165) is 0 Å². The number of hydrogen-bond acceptors (Lipinski definition) is 3. The molecule has 0 amide bonds. The van der Waals surface area contributed by atoms with E-state index in [9.17, 15) is 9.18 Å². The number of nitrogen functional groups attached to an aromatic ring is 1. The van der Waals surface area contributed by atoms with Crippen molar-refractivity contribution in [2.24, 2.45) is 0 Å². The molecular formula is C12H14FNO2. The van der Waals surface area contributed by atoms with Crippen LogP contribution in [0.15, 0.2) is 24.3 Å². The molecule has 0 aliphatic carbocycles. The summed E-state index contributed by atoms with van der Waals surface area (Å²) in [4.78, 5) is 11.0. The van der Waals surface area contributed by atoms with Crippen LogP contribution >= 0.6 is 0 Å². The maximum absolute atomic E-state index is 13.3. The summed E-state index contributed by atoms with van der Waals surface area (Å²) in [6, 6.07) is 4.41. The Kier molecular flexibility index (Phi) is 4.51. The van der Waals surface area contributed by atoms with Crippen LogP contribution in [-0.4, -0.2) is 12.6 Å². The summed E-state index contributed by atoms with van der Waals surface area (Å²) < 4.78 is 18.0. The third kappa shape index (κ3) is 3.73. The van der Waals surface area contributed by atoms with Crippen LogP contribution in [0.4, 0.5) is 10.1 Å². The number of carbonyl (C=O) groups is 1. The molecule has 0 radical (unpaired) electrons. The number of hydrogen-bond donors (Lipinski definition) is 1. The van der Waals surface area contributed by atoms with E-state index in [1.54, 1.807) is 25.1 Å². The average Bonchev–Trinajstić information content (AvgIpc) is 2.22. The highest BCUT2D eigenvalue weighted by Crippen LogP contribution is 2.13. The van der Waals surface area contributed by atoms with Gasteiger partial charge in [0.1, 0.15) is 5.82 Å². The lowest BCUT2D eigenvalue weighted by atomic mass is 10.1. The number of anilines is 1. The smallest absolute Gasteiger partial charge is 0.309 e. The van der Waals surface area contributed by atoms with Crippen molar-refractivity contribution in [1.82, 2.24) is 0 Å². The fourth-order valence-corrected chi connectivity index (χ4v) is 1.18. The van der Waals surface area contributed by atoms with Crippen molar-refractivity contribution in [3.63, 3.8) is 0 Å². The van der Waals surface area contributed by atoms with Crippen LogP contribution in [0.5, 0.6) is 0 Å². The van der Waals surface area contributed by atoms with E-state index in [4.69, 9.17) is 10.5 Å². The van der Waals surface area contributed by atoms with Gasteiger partial charge in [0.2, 0.25) is 0 Å². The van der Waals surface area contributed by atoms with E-state index in [2.05, 4.69) is 0 Å². The van der Waals surface area contributed by atoms with Gasteiger partial charge in [-0.25, -0.2) is 4.39 Å². The van der Waals surface area contributed by atoms with Gasteiger partial charge in [0, 0.05) is 11.3 Å². The SMILES string of the molecule is CCOC(=O)CC=Cc1ccc(N)cc1F. The zero-order valence-corrected chi connectivity index (χ0v) is 9.07. The molecule has 0 aromatic heterocycles. The van der Waals surface area contributed by atoms with Crippen LogP contribution in [0.1, 0.15) is 18.9 Å². The van der Waals surface area contributed by atoms with Crippen molar-refractivity contribution in [2.45, 2.75) is 13.3 Å². The first-order valence-corrected chi connectivity index (χ1v) is 5.00. The number of rotatable bonds is 4. The molecule has 3 nitrogen and oxygen atoms in total. The molecule has 86 valence electrons. The molecule has 4 heteroatoms. The van der Waals surface area contributed by atoms with Gasteiger partial charge in [-0.3, -0.25) is 4.79 Å². The highest BCUT2D eigenvalue weighted by atomic mass is 19.1. The van der Waals surface area contributed by atoms with Gasteiger partial charge in [-0.05, 0) is 19.1 Å². The largest absolute Gasteiger partial charge is 0.466 e. The quantitative estimate of drug-likeness (QED) is 0.629. The Morgan fingerprint density at radius 3 is 2.94 bits per heavy atom. The summed E-state index contributed by atoms with van der Waals surface area (Å²) in [6.45, 7) is 2.09. The van der Waals surface area contributed by atoms with E-state index in [-0.39, 0.29) is 12.4 Å². The molecule has 0 aliphatic heterocycles. The number of halogens is 1. The van der Waals surface area contributed by atoms with Gasteiger partial charge in [-0.15, -0.1) is 0 Å². The molecule has 1 aromatic rings. The Morgan fingerprint density at radius 1 is 1.56 bits per heavy atom. The number of ether oxygens (including phenoxy) is 1. The summed E-state index contributed by atoms with van der Waals surface area (Å²) in [5, 5.41) is 0. The first kappa shape index (κ1) is 12.2. The van der Waals surface area contributed by atoms with Crippen LogP contribution < -0.4 is 5.73 Å². The number of nitrogens with two attached hydrogens (primary N) is 1. The molecule has 0 heterocycles. The molecule has 0 unspecified atom stereocenters. The van der Waals surface area contributed by atoms with Gasteiger partial charge in [-0.1, -0.05) is 18.2 Å². The van der Waals surface area contributed by atoms with Gasteiger partial charge in [0.25, 0.3) is 0 Å². The minimum Gasteiger partial charge on any atom is -0.466 e. The van der Waals surface area contributed by atoms with Crippen molar-refractivity contribution < 1.29 is 13.9 Å². The van der Waals surface area contributed by atoms with Crippen molar-refractivity contribution in [1.29, 1.82) is 0 Å². The lowest BCUT2D eigenvalue weighted by Gasteiger charge is -1.99. The van der Waals surface area contributed by atoms with E-state index < -0.39 is 5.82 Å². The Hall–Kier alpha value is -1.84. The van der Waals surface area contributed by atoms with Crippen molar-refractivity contribution in [3.8, 4) is 0 Å². The Morgan fingerprint density at radius 2 is 2.31 bits per heavy atom. The molecule has 0 spiro atoms. The summed E-state index contributed by atoms with van der Waals surface area (Å²) >= 11 is 0. The minimum atomic E-state index is -0.403. The van der Waals surface area contributed by atoms with E-state index in [1.165, 1.54) is 12.1 Å². The van der Waals surface area contributed by atoms with E-state index in [1.807, 2.05) is 0 Å². The molecular weight excluding hydrogens is 209 g/mol. The molecule has 0 fully saturated rings. The van der Waals surface area contributed by atoms with E-state index in [0.29, 0.717) is 17.9 Å². The normalized spacial score (nSPS) is 10.6. The first-order valence-electron chi connectivity index (χ1n) is 5.00. The van der Waals surface area contributed by atoms with Gasteiger partial charge in [0.05, 0.1) is 13.0 Å². The molecule has 1 rings (SSSR count). The van der Waals surface area contributed by atoms with Gasteiger partial charge >= 0.3 is 5.97 Å². The Balaban J connectivity index is 2.59. The summed E-state index contributed by atoms with van der Waals surface area (Å²) in [5.41, 5.74) is 6.18. The zero-order valence-electron chi connectivity index (χ0n) is 9.07. The summed E-state index contributed by atoms with van der Waals surface area (Å²) in [6.07, 6.45) is 3.23. The average molecular weight is 223 g/mol. The topological polar surface area (TPSA) is 52.3 Å². The molecule has 0 saturated heterocycles. The highest BCUT2D eigenvalue weighted by Gasteiger charge is 2.00. The molecule has 0 atom stereocenters. The third-order valence-electron chi connectivity index (χ3n) is 1.91. The standard InChI is InChI=1S/C12H14FNO2/c1-2-16-12(15)5-3-4-9-6-7-10(14)8-11(9)13/h3-4,6-8H,2,5,14H2,1H3. The van der Waals surface area contributed by atoms with Crippen LogP contribution in [-0.2, 0) is 9.53 Å². The second kappa shape index (κ2) is 5.90. The monoisotopic (exact) mass is 223 g/mol. The van der Waals surface area contributed by atoms with Crippen LogP contribution in [0.25, 0.3) is 6.08 Å². The summed E-state index contributed by atoms with van der Waals surface area (Å²) in [5.74, 6) is -0.727. The maximum atomic E-state index is 13.3. The zero-order chi connectivity index (χ0) is 12.0. The second-order valence-corrected chi connectivity index (χ2v) is 3.19. The van der Waals surface area contributed by atoms with Gasteiger partial charge in [0.15, 0.2) is 0 Å². The van der Waals surface area contributed by atoms with Gasteiger partial charge in [-0.2, -0.15) is 0 Å². The number of esters is 1. The lowest BCUT2D eigenvalue weighted by Crippen LogP contribution is -2.01. The molecule has 0 aliphatic rings. The molecule has 2 N–H and O–H groups in total. The van der Waals surface area contributed by atoms with Crippen LogP contribution in [0.3, 0.4) is 0 Å². The minimum absolute atomic E-state index is 0.137. The molecule has 0 bridgehead atoms. The highest BCUT2D eigenvalue weighted by molar-refractivity contribution is 5.72. The van der Waals surface area contributed by atoms with Crippen molar-refractivity contribution in [3.05, 3.63) is 35.7 Å². The molecule has 16 heavy (non-hydrogen) atoms. The fourth-order valence-electron chi connectivity index (χ4n) is 1.18. The lowest BCUT2D eigenvalue weighted by molar-refractivity contribution is -0.142. The predicted octanol–water partition coefficient (Wildman–Crippen LogP) is 2.37. The number of benzene rings is 1. The predicted molar refractivity (Wildman–Crippen MR) is 61.1 cm³/mol. The molecule has 1 aromatic carbocycles. The van der Waals surface area contributed by atoms with Crippen molar-refractivity contribution >= 4 is 17.7 Å². The third-order valence-corrected chi connectivity index (χ3v) is 1.91. The summed E-state index contributed by atoms with van der Waals surface area (Å²) in [7, 11) is 0. The Labute approximate surface area is 93.7 Å². The number of carbonyl (C=O) groups excluding carboxylic acids is 1. The molecule has 0 saturated carbocycles. The van der Waals surface area contributed by atoms with Crippen LogP contribution in [0.2, 0.25) is 0 Å². The van der Waals surface area contributed by atoms with Gasteiger partial charge < -0.3 is 10.5 Å².